The Bertz CT molecular complexity index is 434. The number of aromatic nitrogens is 1. The zero-order chi connectivity index (χ0) is 13.5. The Kier molecular flexibility index (Phi) is 5.10. The van der Waals surface area contributed by atoms with Gasteiger partial charge in [-0.2, -0.15) is 0 Å². The van der Waals surface area contributed by atoms with Gasteiger partial charge in [0.1, 0.15) is 0 Å². The number of rotatable bonds is 5. The molecule has 6 nitrogen and oxygen atoms in total. The minimum Gasteiger partial charge on any atom is -0.397 e. The zero-order valence-electron chi connectivity index (χ0n) is 10.6. The van der Waals surface area contributed by atoms with Crippen LogP contribution in [-0.2, 0) is 4.79 Å². The number of hydrogen-bond donors (Lipinski definition) is 2. The van der Waals surface area contributed by atoms with E-state index in [1.807, 2.05) is 6.92 Å². The number of carbonyl (C=O) groups excluding carboxylic acids is 2. The highest BCUT2D eigenvalue weighted by atomic mass is 16.2. The summed E-state index contributed by atoms with van der Waals surface area (Å²) in [5, 5.41) is 2.49. The summed E-state index contributed by atoms with van der Waals surface area (Å²) < 4.78 is 0. The van der Waals surface area contributed by atoms with Crippen LogP contribution in [-0.4, -0.2) is 41.8 Å². The van der Waals surface area contributed by atoms with Crippen molar-refractivity contribution in [2.24, 2.45) is 0 Å². The highest BCUT2D eigenvalue weighted by molar-refractivity contribution is 5.98. The Morgan fingerprint density at radius 1 is 1.50 bits per heavy atom. The van der Waals surface area contributed by atoms with Crippen LogP contribution in [0.4, 0.5) is 5.69 Å². The molecular weight excluding hydrogens is 232 g/mol. The van der Waals surface area contributed by atoms with Crippen molar-refractivity contribution in [2.75, 3.05) is 25.9 Å². The number of hydrogen-bond acceptors (Lipinski definition) is 4. The highest BCUT2D eigenvalue weighted by Crippen LogP contribution is 2.10. The molecule has 6 heteroatoms. The molecule has 0 radical (unpaired) electrons. The number of anilines is 1. The first-order chi connectivity index (χ1) is 8.60. The van der Waals surface area contributed by atoms with E-state index >= 15 is 0 Å². The Labute approximate surface area is 106 Å². The lowest BCUT2D eigenvalue weighted by molar-refractivity contribution is -0.121. The van der Waals surface area contributed by atoms with Gasteiger partial charge in [-0.25, -0.2) is 4.98 Å². The first-order valence-electron chi connectivity index (χ1n) is 5.80. The fourth-order valence-corrected chi connectivity index (χ4v) is 1.52. The molecule has 0 aliphatic rings. The topological polar surface area (TPSA) is 88.3 Å². The molecule has 0 bridgehead atoms. The number of carbonyl (C=O) groups is 2. The van der Waals surface area contributed by atoms with Crippen LogP contribution < -0.4 is 11.1 Å². The quantitative estimate of drug-likeness (QED) is 0.784. The maximum Gasteiger partial charge on any atom is 0.275 e. The lowest BCUT2D eigenvalue weighted by Gasteiger charge is -2.21. The third-order valence-electron chi connectivity index (χ3n) is 2.44. The fraction of sp³-hybridized carbons (Fsp3) is 0.417. The second-order valence-corrected chi connectivity index (χ2v) is 3.84. The van der Waals surface area contributed by atoms with E-state index in [1.165, 1.54) is 18.1 Å². The van der Waals surface area contributed by atoms with Crippen LogP contribution in [0.25, 0.3) is 0 Å². The first-order valence-corrected chi connectivity index (χ1v) is 5.80. The molecule has 3 N–H and O–H groups in total. The maximum absolute atomic E-state index is 12.2. The monoisotopic (exact) mass is 250 g/mol. The number of amides is 2. The highest BCUT2D eigenvalue weighted by Gasteiger charge is 2.20. The van der Waals surface area contributed by atoms with Crippen LogP contribution in [0.1, 0.15) is 23.8 Å². The largest absolute Gasteiger partial charge is 0.397 e. The maximum atomic E-state index is 12.2. The van der Waals surface area contributed by atoms with Gasteiger partial charge in [-0.3, -0.25) is 9.59 Å². The van der Waals surface area contributed by atoms with E-state index in [2.05, 4.69) is 10.3 Å². The van der Waals surface area contributed by atoms with E-state index in [9.17, 15) is 9.59 Å². The first kappa shape index (κ1) is 14.0. The van der Waals surface area contributed by atoms with Crippen molar-refractivity contribution >= 4 is 17.5 Å². The molecule has 0 unspecified atom stereocenters. The van der Waals surface area contributed by atoms with E-state index < -0.39 is 0 Å². The average Bonchev–Trinajstić information content (AvgIpc) is 2.38. The van der Waals surface area contributed by atoms with Crippen LogP contribution in [0.3, 0.4) is 0 Å². The minimum absolute atomic E-state index is 0.0131. The molecule has 0 fully saturated rings. The summed E-state index contributed by atoms with van der Waals surface area (Å²) in [4.78, 5) is 29.0. The molecule has 18 heavy (non-hydrogen) atoms. The van der Waals surface area contributed by atoms with Crippen LogP contribution in [0.5, 0.6) is 0 Å². The number of nitrogens with one attached hydrogen (secondary N) is 1. The Hall–Kier alpha value is -2.11. The van der Waals surface area contributed by atoms with E-state index in [-0.39, 0.29) is 24.1 Å². The molecule has 0 spiro atoms. The molecule has 0 aliphatic heterocycles. The number of pyridine rings is 1. The van der Waals surface area contributed by atoms with E-state index in [4.69, 9.17) is 5.73 Å². The van der Waals surface area contributed by atoms with Gasteiger partial charge >= 0.3 is 0 Å². The summed E-state index contributed by atoms with van der Waals surface area (Å²) in [6.45, 7) is 2.44. The standard InChI is InChI=1S/C12H18N4O2/c1-3-7-16(8-10(17)14-2)12(18)11-9(13)5-4-6-15-11/h4-6H,3,7-8,13H2,1-2H3,(H,14,17). The fourth-order valence-electron chi connectivity index (χ4n) is 1.52. The lowest BCUT2D eigenvalue weighted by atomic mass is 10.2. The second-order valence-electron chi connectivity index (χ2n) is 3.84. The van der Waals surface area contributed by atoms with Crippen LogP contribution in [0, 0.1) is 0 Å². The van der Waals surface area contributed by atoms with Crippen molar-refractivity contribution in [1.82, 2.24) is 15.2 Å². The molecule has 0 aliphatic carbocycles. The molecule has 1 aromatic heterocycles. The second kappa shape index (κ2) is 6.58. The van der Waals surface area contributed by atoms with Gasteiger partial charge in [-0.15, -0.1) is 0 Å². The zero-order valence-corrected chi connectivity index (χ0v) is 10.6. The van der Waals surface area contributed by atoms with E-state index in [1.54, 1.807) is 12.1 Å². The average molecular weight is 250 g/mol. The van der Waals surface area contributed by atoms with Gasteiger partial charge in [0.2, 0.25) is 5.91 Å². The smallest absolute Gasteiger partial charge is 0.275 e. The number of nitrogens with zero attached hydrogens (tertiary/aromatic N) is 2. The van der Waals surface area contributed by atoms with Crippen LogP contribution in [0.2, 0.25) is 0 Å². The molecule has 1 aromatic rings. The minimum atomic E-state index is -0.321. The van der Waals surface area contributed by atoms with Crippen LogP contribution >= 0.6 is 0 Å². The Balaban J connectivity index is 2.89. The summed E-state index contributed by atoms with van der Waals surface area (Å²) in [5.41, 5.74) is 6.22. The molecule has 0 aromatic carbocycles. The van der Waals surface area contributed by atoms with Gasteiger partial charge in [0.15, 0.2) is 5.69 Å². The van der Waals surface area contributed by atoms with Gasteiger partial charge in [0.05, 0.1) is 12.2 Å². The Morgan fingerprint density at radius 3 is 2.78 bits per heavy atom. The SMILES string of the molecule is CCCN(CC(=O)NC)C(=O)c1ncccc1N. The molecule has 0 saturated carbocycles. The third kappa shape index (κ3) is 3.44. The van der Waals surface area contributed by atoms with Crippen molar-refractivity contribution in [3.05, 3.63) is 24.0 Å². The van der Waals surface area contributed by atoms with Crippen molar-refractivity contribution in [2.45, 2.75) is 13.3 Å². The van der Waals surface area contributed by atoms with E-state index in [0.29, 0.717) is 12.2 Å². The molecule has 98 valence electrons. The summed E-state index contributed by atoms with van der Waals surface area (Å²) in [6.07, 6.45) is 2.27. The van der Waals surface area contributed by atoms with Crippen molar-refractivity contribution in [1.29, 1.82) is 0 Å². The molecule has 2 amide bonds. The molecule has 1 rings (SSSR count). The third-order valence-corrected chi connectivity index (χ3v) is 2.44. The van der Waals surface area contributed by atoms with Gasteiger partial charge in [0.25, 0.3) is 5.91 Å². The lowest BCUT2D eigenvalue weighted by Crippen LogP contribution is -2.40. The predicted octanol–water partition coefficient (Wildman–Crippen LogP) is 0.262. The molecule has 0 atom stereocenters. The van der Waals surface area contributed by atoms with Crippen molar-refractivity contribution in [3.63, 3.8) is 0 Å². The molecule has 1 heterocycles. The number of nitrogens with two attached hydrogens (primary N) is 1. The number of nitrogen functional groups attached to an aromatic ring is 1. The van der Waals surface area contributed by atoms with Crippen LogP contribution in [0.15, 0.2) is 18.3 Å². The Morgan fingerprint density at radius 2 is 2.22 bits per heavy atom. The van der Waals surface area contributed by atoms with Gasteiger partial charge in [-0.05, 0) is 18.6 Å². The van der Waals surface area contributed by atoms with Gasteiger partial charge in [0, 0.05) is 19.8 Å². The summed E-state index contributed by atoms with van der Waals surface area (Å²) in [5.74, 6) is -0.537. The summed E-state index contributed by atoms with van der Waals surface area (Å²) >= 11 is 0. The molecule has 0 saturated heterocycles. The van der Waals surface area contributed by atoms with E-state index in [0.717, 1.165) is 6.42 Å². The molecular formula is C12H18N4O2. The summed E-state index contributed by atoms with van der Waals surface area (Å²) in [6, 6.07) is 3.28. The number of likely N-dealkylation sites (N-methyl/N-ethyl adjacent to an activating group) is 1. The normalized spacial score (nSPS) is 9.89. The van der Waals surface area contributed by atoms with Crippen molar-refractivity contribution < 1.29 is 9.59 Å². The van der Waals surface area contributed by atoms with Crippen molar-refractivity contribution in [3.8, 4) is 0 Å². The van der Waals surface area contributed by atoms with Gasteiger partial charge < -0.3 is 16.0 Å². The predicted molar refractivity (Wildman–Crippen MR) is 68.9 cm³/mol. The van der Waals surface area contributed by atoms with Gasteiger partial charge in [-0.1, -0.05) is 6.92 Å². The summed E-state index contributed by atoms with van der Waals surface area (Å²) in [7, 11) is 1.53.